The van der Waals surface area contributed by atoms with E-state index in [0.29, 0.717) is 58.5 Å². The maximum atomic E-state index is 12.9. The Hall–Kier alpha value is -7.20. The van der Waals surface area contributed by atoms with Gasteiger partial charge < -0.3 is 28.4 Å². The van der Waals surface area contributed by atoms with E-state index in [-0.39, 0.29) is 24.1 Å². The molecule has 10 heteroatoms. The number of benzene rings is 6. The van der Waals surface area contributed by atoms with Gasteiger partial charge in [0.25, 0.3) is 0 Å². The first-order valence-electron chi connectivity index (χ1n) is 24.8. The van der Waals surface area contributed by atoms with E-state index >= 15 is 0 Å². The van der Waals surface area contributed by atoms with Crippen LogP contribution in [-0.4, -0.2) is 49.3 Å². The lowest BCUT2D eigenvalue weighted by atomic mass is 10.0. The van der Waals surface area contributed by atoms with Gasteiger partial charge in [0.05, 0.1) is 47.7 Å². The highest BCUT2D eigenvalue weighted by atomic mass is 16.6. The maximum absolute atomic E-state index is 12.9. The Morgan fingerprint density at radius 3 is 0.957 bits per heavy atom. The highest BCUT2D eigenvalue weighted by Crippen LogP contribution is 2.27. The number of unbranched alkanes of at least 4 members (excludes halogenated alkanes) is 7. The van der Waals surface area contributed by atoms with Gasteiger partial charge >= 0.3 is 23.9 Å². The zero-order valence-corrected chi connectivity index (χ0v) is 41.0. The molecule has 0 spiro atoms. The molecule has 10 nitrogen and oxygen atoms in total. The quantitative estimate of drug-likeness (QED) is 0.0280. The van der Waals surface area contributed by atoms with Crippen LogP contribution in [0.1, 0.15) is 146 Å². The van der Waals surface area contributed by atoms with Crippen LogP contribution in [0.25, 0.3) is 22.3 Å². The van der Waals surface area contributed by atoms with Gasteiger partial charge in [0.15, 0.2) is 0 Å². The number of carbonyl (C=O) groups excluding carboxylic acids is 4. The van der Waals surface area contributed by atoms with Gasteiger partial charge in [0.2, 0.25) is 0 Å². The standard InChI is InChI=1S/C60H66O10/c1-5-7-11-15-43(3)67-57(61)49-21-17-45(18-22-49)47-25-37-55(38-26-47)69-59(63)51-29-33-53(34-30-51)65-41-13-9-10-14-42-66-54-35-31-52(32-36-54)60(64)70-56-39-27-48(28-40-56)46-19-23-50(24-20-46)58(62)68-44(4)16-12-8-6-2/h17-40,43-44H,5-16,41-42H2,1-4H3. The van der Waals surface area contributed by atoms with Crippen molar-refractivity contribution in [3.8, 4) is 45.3 Å². The molecule has 0 saturated heterocycles. The van der Waals surface area contributed by atoms with E-state index in [1.807, 2.05) is 62.4 Å². The van der Waals surface area contributed by atoms with E-state index in [2.05, 4.69) is 13.8 Å². The van der Waals surface area contributed by atoms with Crippen molar-refractivity contribution < 1.29 is 47.6 Å². The Morgan fingerprint density at radius 1 is 0.343 bits per heavy atom. The second kappa shape index (κ2) is 27.7. The first kappa shape index (κ1) is 52.2. The van der Waals surface area contributed by atoms with Crippen molar-refractivity contribution >= 4 is 23.9 Å². The molecule has 0 aliphatic heterocycles. The van der Waals surface area contributed by atoms with Crippen LogP contribution < -0.4 is 18.9 Å². The summed E-state index contributed by atoms with van der Waals surface area (Å²) in [7, 11) is 0. The van der Waals surface area contributed by atoms with Crippen molar-refractivity contribution in [2.75, 3.05) is 13.2 Å². The molecular weight excluding hydrogens is 881 g/mol. The van der Waals surface area contributed by atoms with Gasteiger partial charge in [0, 0.05) is 0 Å². The van der Waals surface area contributed by atoms with Crippen LogP contribution in [-0.2, 0) is 9.47 Å². The van der Waals surface area contributed by atoms with Gasteiger partial charge in [-0.2, -0.15) is 0 Å². The monoisotopic (exact) mass is 946 g/mol. The molecule has 6 aromatic rings. The van der Waals surface area contributed by atoms with Gasteiger partial charge in [-0.3, -0.25) is 0 Å². The van der Waals surface area contributed by atoms with Crippen LogP contribution in [0, 0.1) is 0 Å². The average molecular weight is 947 g/mol. The number of ether oxygens (including phenoxy) is 6. The van der Waals surface area contributed by atoms with Crippen molar-refractivity contribution in [1.82, 2.24) is 0 Å². The smallest absolute Gasteiger partial charge is 0.343 e. The lowest BCUT2D eigenvalue weighted by molar-refractivity contribution is 0.0309. The third kappa shape index (κ3) is 16.8. The van der Waals surface area contributed by atoms with Crippen LogP contribution in [0.5, 0.6) is 23.0 Å². The van der Waals surface area contributed by atoms with Gasteiger partial charge in [-0.05, 0) is 185 Å². The molecule has 6 aromatic carbocycles. The fraction of sp³-hybridized carbons (Fsp3) is 0.333. The van der Waals surface area contributed by atoms with Crippen molar-refractivity contribution in [3.63, 3.8) is 0 Å². The van der Waals surface area contributed by atoms with Crippen molar-refractivity contribution in [3.05, 3.63) is 168 Å². The largest absolute Gasteiger partial charge is 0.494 e. The summed E-state index contributed by atoms with van der Waals surface area (Å²) in [4.78, 5) is 50.9. The van der Waals surface area contributed by atoms with Crippen LogP contribution in [0.2, 0.25) is 0 Å². The minimum atomic E-state index is -0.463. The second-order valence-corrected chi connectivity index (χ2v) is 17.6. The first-order chi connectivity index (χ1) is 34.1. The Balaban J connectivity index is 0.821. The van der Waals surface area contributed by atoms with E-state index in [4.69, 9.17) is 28.4 Å². The Kier molecular flexibility index (Phi) is 20.7. The van der Waals surface area contributed by atoms with Crippen LogP contribution in [0.3, 0.4) is 0 Å². The van der Waals surface area contributed by atoms with Crippen LogP contribution in [0.4, 0.5) is 0 Å². The molecule has 70 heavy (non-hydrogen) atoms. The molecule has 0 amide bonds. The number of esters is 4. The topological polar surface area (TPSA) is 124 Å². The third-order valence-corrected chi connectivity index (χ3v) is 11.8. The Bertz CT molecular complexity index is 2350. The van der Waals surface area contributed by atoms with Gasteiger partial charge in [-0.1, -0.05) is 88.1 Å². The first-order valence-corrected chi connectivity index (χ1v) is 24.8. The summed E-state index contributed by atoms with van der Waals surface area (Å²) >= 11 is 0. The van der Waals surface area contributed by atoms with Gasteiger partial charge in [0.1, 0.15) is 23.0 Å². The summed E-state index contributed by atoms with van der Waals surface area (Å²) in [5.41, 5.74) is 5.58. The predicted molar refractivity (Wildman–Crippen MR) is 274 cm³/mol. The molecule has 0 saturated carbocycles. The van der Waals surface area contributed by atoms with E-state index in [1.165, 1.54) is 0 Å². The van der Waals surface area contributed by atoms with Gasteiger partial charge in [-0.25, -0.2) is 19.2 Å². The molecule has 0 aromatic heterocycles. The number of carbonyl (C=O) groups is 4. The fourth-order valence-corrected chi connectivity index (χ4v) is 7.66. The van der Waals surface area contributed by atoms with E-state index in [9.17, 15) is 19.2 Å². The minimum absolute atomic E-state index is 0.114. The molecule has 0 bridgehead atoms. The average Bonchev–Trinajstić information content (AvgIpc) is 3.38. The molecule has 366 valence electrons. The highest BCUT2D eigenvalue weighted by Gasteiger charge is 2.15. The molecule has 0 heterocycles. The molecule has 6 rings (SSSR count). The minimum Gasteiger partial charge on any atom is -0.494 e. The van der Waals surface area contributed by atoms with Crippen LogP contribution >= 0.6 is 0 Å². The SMILES string of the molecule is CCCCCC(C)OC(=O)c1ccc(-c2ccc(OC(=O)c3ccc(OCCCCCCOc4ccc(C(=O)Oc5ccc(-c6ccc(C(=O)OC(C)CCCCC)cc6)cc5)cc4)cc3)cc2)cc1. The summed E-state index contributed by atoms with van der Waals surface area (Å²) in [6, 6.07) is 42.9. The molecule has 0 aliphatic carbocycles. The number of rotatable bonds is 27. The maximum Gasteiger partial charge on any atom is 0.343 e. The normalized spacial score (nSPS) is 11.8. The van der Waals surface area contributed by atoms with E-state index in [1.54, 1.807) is 97.1 Å². The Morgan fingerprint density at radius 2 is 0.629 bits per heavy atom. The summed E-state index contributed by atoms with van der Waals surface area (Å²) in [6.45, 7) is 9.27. The number of hydrogen-bond donors (Lipinski definition) is 0. The van der Waals surface area contributed by atoms with Gasteiger partial charge in [-0.15, -0.1) is 0 Å². The van der Waals surface area contributed by atoms with Crippen LogP contribution in [0.15, 0.2) is 146 Å². The summed E-state index contributed by atoms with van der Waals surface area (Å²) < 4.78 is 34.2. The lowest BCUT2D eigenvalue weighted by Crippen LogP contribution is -2.14. The molecule has 2 atom stereocenters. The van der Waals surface area contributed by atoms with Crippen molar-refractivity contribution in [2.24, 2.45) is 0 Å². The summed E-state index contributed by atoms with van der Waals surface area (Å²) in [5.74, 6) is 0.650. The second-order valence-electron chi connectivity index (χ2n) is 17.6. The molecule has 2 unspecified atom stereocenters. The van der Waals surface area contributed by atoms with E-state index < -0.39 is 11.9 Å². The molecule has 0 aliphatic rings. The molecular formula is C60H66O10. The van der Waals surface area contributed by atoms with E-state index in [0.717, 1.165) is 99.3 Å². The highest BCUT2D eigenvalue weighted by molar-refractivity contribution is 5.93. The van der Waals surface area contributed by atoms with Crippen molar-refractivity contribution in [1.29, 1.82) is 0 Å². The predicted octanol–water partition coefficient (Wildman–Crippen LogP) is 14.7. The number of hydrogen-bond acceptors (Lipinski definition) is 10. The molecule has 0 fully saturated rings. The summed E-state index contributed by atoms with van der Waals surface area (Å²) in [5, 5.41) is 0. The third-order valence-electron chi connectivity index (χ3n) is 11.8. The molecule has 0 radical (unpaired) electrons. The molecule has 0 N–H and O–H groups in total. The van der Waals surface area contributed by atoms with Crippen molar-refractivity contribution in [2.45, 2.75) is 117 Å². The lowest BCUT2D eigenvalue weighted by Gasteiger charge is -2.13. The zero-order chi connectivity index (χ0) is 49.5. The Labute approximate surface area is 413 Å². The fourth-order valence-electron chi connectivity index (χ4n) is 7.66. The summed E-state index contributed by atoms with van der Waals surface area (Å²) in [6.07, 6.45) is 11.8. The zero-order valence-electron chi connectivity index (χ0n) is 41.0.